The lowest BCUT2D eigenvalue weighted by molar-refractivity contribution is 0.354. The molecule has 0 saturated heterocycles. The van der Waals surface area contributed by atoms with Crippen LogP contribution < -0.4 is 15.2 Å². The van der Waals surface area contributed by atoms with Crippen LogP contribution in [0.15, 0.2) is 34.1 Å². The van der Waals surface area contributed by atoms with Gasteiger partial charge in [-0.1, -0.05) is 6.07 Å². The maximum Gasteiger partial charge on any atom is 0.161 e. The van der Waals surface area contributed by atoms with Crippen molar-refractivity contribution in [3.8, 4) is 11.5 Å². The molecular formula is C14H16BrNO2S. The van der Waals surface area contributed by atoms with Crippen LogP contribution in [-0.2, 0) is 6.42 Å². The van der Waals surface area contributed by atoms with Crippen LogP contribution in [0.1, 0.15) is 16.5 Å². The molecule has 0 bridgehead atoms. The maximum absolute atomic E-state index is 6.25. The second-order valence-electron chi connectivity index (χ2n) is 4.16. The zero-order chi connectivity index (χ0) is 13.8. The minimum Gasteiger partial charge on any atom is -0.493 e. The molecule has 1 heterocycles. The molecule has 0 fully saturated rings. The van der Waals surface area contributed by atoms with Gasteiger partial charge in [-0.05, 0) is 39.7 Å². The Hall–Kier alpha value is -1.04. The fourth-order valence-corrected chi connectivity index (χ4v) is 3.39. The van der Waals surface area contributed by atoms with E-state index >= 15 is 0 Å². The molecule has 0 saturated carbocycles. The molecule has 0 aliphatic heterocycles. The molecule has 2 N–H and O–H groups in total. The van der Waals surface area contributed by atoms with Crippen molar-refractivity contribution < 1.29 is 9.47 Å². The first-order valence-electron chi connectivity index (χ1n) is 5.84. The van der Waals surface area contributed by atoms with Gasteiger partial charge in [0.1, 0.15) is 0 Å². The van der Waals surface area contributed by atoms with Gasteiger partial charge in [0.15, 0.2) is 11.5 Å². The molecule has 2 rings (SSSR count). The van der Waals surface area contributed by atoms with Gasteiger partial charge >= 0.3 is 0 Å². The van der Waals surface area contributed by atoms with Crippen molar-refractivity contribution in [2.24, 2.45) is 5.73 Å². The quantitative estimate of drug-likeness (QED) is 0.900. The Morgan fingerprint density at radius 3 is 2.53 bits per heavy atom. The van der Waals surface area contributed by atoms with E-state index in [1.54, 1.807) is 25.6 Å². The Morgan fingerprint density at radius 1 is 1.21 bits per heavy atom. The summed E-state index contributed by atoms with van der Waals surface area (Å²) in [6, 6.07) is 7.86. The van der Waals surface area contributed by atoms with Gasteiger partial charge in [-0.25, -0.2) is 0 Å². The monoisotopic (exact) mass is 341 g/mol. The molecule has 0 amide bonds. The summed E-state index contributed by atoms with van der Waals surface area (Å²) < 4.78 is 11.6. The van der Waals surface area contributed by atoms with Crippen LogP contribution in [0.4, 0.5) is 0 Å². The summed E-state index contributed by atoms with van der Waals surface area (Å²) in [7, 11) is 3.25. The summed E-state index contributed by atoms with van der Waals surface area (Å²) in [6.45, 7) is 0. The van der Waals surface area contributed by atoms with E-state index in [4.69, 9.17) is 15.2 Å². The van der Waals surface area contributed by atoms with Gasteiger partial charge in [0.05, 0.1) is 14.2 Å². The number of benzene rings is 1. The molecular weight excluding hydrogens is 326 g/mol. The molecule has 2 aromatic rings. The molecule has 102 valence electrons. The van der Waals surface area contributed by atoms with E-state index in [9.17, 15) is 0 Å². The summed E-state index contributed by atoms with van der Waals surface area (Å²) in [5.41, 5.74) is 7.29. The number of thiophene rings is 1. The molecule has 1 aromatic carbocycles. The van der Waals surface area contributed by atoms with Crippen molar-refractivity contribution in [1.82, 2.24) is 0 Å². The average molecular weight is 342 g/mol. The second kappa shape index (κ2) is 6.41. The van der Waals surface area contributed by atoms with E-state index < -0.39 is 0 Å². The number of methoxy groups -OCH3 is 2. The predicted molar refractivity (Wildman–Crippen MR) is 82.2 cm³/mol. The lowest BCUT2D eigenvalue weighted by atomic mass is 10.0. The Bertz CT molecular complexity index is 556. The molecule has 0 spiro atoms. The zero-order valence-corrected chi connectivity index (χ0v) is 13.3. The van der Waals surface area contributed by atoms with E-state index in [2.05, 4.69) is 27.4 Å². The standard InChI is InChI=1S/C14H16BrNO2S/c1-17-13-4-3-9(5-14(13)18-2)12(16)7-11-6-10(15)8-19-11/h3-6,8,12H,7,16H2,1-2H3. The number of hydrogen-bond acceptors (Lipinski definition) is 4. The molecule has 1 atom stereocenters. The molecule has 0 aliphatic rings. The van der Waals surface area contributed by atoms with E-state index in [-0.39, 0.29) is 6.04 Å². The van der Waals surface area contributed by atoms with Crippen LogP contribution in [0.2, 0.25) is 0 Å². The fraction of sp³-hybridized carbons (Fsp3) is 0.286. The van der Waals surface area contributed by atoms with Crippen LogP contribution in [0.3, 0.4) is 0 Å². The maximum atomic E-state index is 6.25. The van der Waals surface area contributed by atoms with Gasteiger partial charge < -0.3 is 15.2 Å². The van der Waals surface area contributed by atoms with Crippen molar-refractivity contribution >= 4 is 27.3 Å². The van der Waals surface area contributed by atoms with Gasteiger partial charge in [0.2, 0.25) is 0 Å². The highest BCUT2D eigenvalue weighted by molar-refractivity contribution is 9.10. The predicted octanol–water partition coefficient (Wildman–Crippen LogP) is 3.77. The number of hydrogen-bond donors (Lipinski definition) is 1. The van der Waals surface area contributed by atoms with E-state index in [0.29, 0.717) is 5.75 Å². The van der Waals surface area contributed by atoms with Crippen molar-refractivity contribution in [1.29, 1.82) is 0 Å². The first-order chi connectivity index (χ1) is 9.13. The summed E-state index contributed by atoms with van der Waals surface area (Å²) >= 11 is 5.16. The molecule has 3 nitrogen and oxygen atoms in total. The first-order valence-corrected chi connectivity index (χ1v) is 7.51. The fourth-order valence-electron chi connectivity index (χ4n) is 1.88. The Morgan fingerprint density at radius 2 is 1.95 bits per heavy atom. The zero-order valence-electron chi connectivity index (χ0n) is 10.9. The molecule has 0 aliphatic carbocycles. The van der Waals surface area contributed by atoms with Gasteiger partial charge in [-0.2, -0.15) is 0 Å². The molecule has 0 radical (unpaired) electrons. The van der Waals surface area contributed by atoms with Crippen LogP contribution >= 0.6 is 27.3 Å². The van der Waals surface area contributed by atoms with Gasteiger partial charge in [-0.3, -0.25) is 0 Å². The number of rotatable bonds is 5. The Balaban J connectivity index is 2.16. The summed E-state index contributed by atoms with van der Waals surface area (Å²) in [5, 5.41) is 2.07. The lowest BCUT2D eigenvalue weighted by Crippen LogP contribution is -2.12. The Labute approximate surface area is 125 Å². The smallest absolute Gasteiger partial charge is 0.161 e. The number of halogens is 1. The normalized spacial score (nSPS) is 12.2. The van der Waals surface area contributed by atoms with Crippen LogP contribution in [-0.4, -0.2) is 14.2 Å². The van der Waals surface area contributed by atoms with E-state index in [1.807, 2.05) is 18.2 Å². The van der Waals surface area contributed by atoms with Crippen molar-refractivity contribution in [3.05, 3.63) is 44.6 Å². The van der Waals surface area contributed by atoms with Crippen LogP contribution in [0.5, 0.6) is 11.5 Å². The van der Waals surface area contributed by atoms with Gasteiger partial charge in [0, 0.05) is 27.2 Å². The largest absolute Gasteiger partial charge is 0.493 e. The van der Waals surface area contributed by atoms with E-state index in [1.165, 1.54) is 4.88 Å². The van der Waals surface area contributed by atoms with Gasteiger partial charge in [0.25, 0.3) is 0 Å². The topological polar surface area (TPSA) is 44.5 Å². The van der Waals surface area contributed by atoms with Crippen molar-refractivity contribution in [2.45, 2.75) is 12.5 Å². The summed E-state index contributed by atoms with van der Waals surface area (Å²) in [5.74, 6) is 1.43. The third-order valence-corrected chi connectivity index (χ3v) is 4.60. The highest BCUT2D eigenvalue weighted by Crippen LogP contribution is 2.31. The molecule has 1 aromatic heterocycles. The van der Waals surface area contributed by atoms with Crippen LogP contribution in [0.25, 0.3) is 0 Å². The first kappa shape index (κ1) is 14.4. The SMILES string of the molecule is COc1ccc(C(N)Cc2cc(Br)cs2)cc1OC. The third kappa shape index (κ3) is 3.49. The minimum atomic E-state index is -0.0506. The summed E-state index contributed by atoms with van der Waals surface area (Å²) in [6.07, 6.45) is 0.811. The van der Waals surface area contributed by atoms with Crippen molar-refractivity contribution in [3.63, 3.8) is 0 Å². The van der Waals surface area contributed by atoms with Gasteiger partial charge in [-0.15, -0.1) is 11.3 Å². The lowest BCUT2D eigenvalue weighted by Gasteiger charge is -2.14. The number of ether oxygens (including phenoxy) is 2. The molecule has 1 unspecified atom stereocenters. The summed E-state index contributed by atoms with van der Waals surface area (Å²) in [4.78, 5) is 1.26. The minimum absolute atomic E-state index is 0.0506. The van der Waals surface area contributed by atoms with Crippen molar-refractivity contribution in [2.75, 3.05) is 14.2 Å². The second-order valence-corrected chi connectivity index (χ2v) is 6.07. The average Bonchev–Trinajstić information content (AvgIpc) is 2.83. The third-order valence-electron chi connectivity index (χ3n) is 2.88. The van der Waals surface area contributed by atoms with Crippen LogP contribution in [0, 0.1) is 0 Å². The van der Waals surface area contributed by atoms with E-state index in [0.717, 1.165) is 22.2 Å². The molecule has 19 heavy (non-hydrogen) atoms. The highest BCUT2D eigenvalue weighted by atomic mass is 79.9. The number of nitrogens with two attached hydrogens (primary N) is 1. The highest BCUT2D eigenvalue weighted by Gasteiger charge is 2.12. The molecule has 5 heteroatoms. The Kier molecular flexibility index (Phi) is 4.85.